The summed E-state index contributed by atoms with van der Waals surface area (Å²) in [4.78, 5) is 4.57. The van der Waals surface area contributed by atoms with E-state index in [0.717, 1.165) is 27.4 Å². The van der Waals surface area contributed by atoms with E-state index in [1.165, 1.54) is 16.0 Å². The van der Waals surface area contributed by atoms with Crippen molar-refractivity contribution in [1.29, 1.82) is 0 Å². The third kappa shape index (κ3) is 2.35. The van der Waals surface area contributed by atoms with E-state index >= 15 is 0 Å². The van der Waals surface area contributed by atoms with Crippen LogP contribution in [-0.4, -0.2) is 12.1 Å². The summed E-state index contributed by atoms with van der Waals surface area (Å²) < 4.78 is 6.32. The molecule has 1 heterocycles. The molecule has 0 aliphatic heterocycles. The van der Waals surface area contributed by atoms with E-state index in [1.807, 2.05) is 0 Å². The lowest BCUT2D eigenvalue weighted by Crippen LogP contribution is -1.93. The number of ether oxygens (including phenoxy) is 1. The standard InChI is InChI=1S/C14H17NOS2/c1-5-12-13(15-14(17)18-12)10-6-8(2)9(3)7-11(10)16-4/h6-7H,5H2,1-4H3,(H,15,17). The fraction of sp³-hybridized carbons (Fsp3) is 0.357. The molecule has 0 unspecified atom stereocenters. The first-order valence-electron chi connectivity index (χ1n) is 5.94. The maximum absolute atomic E-state index is 5.49. The Hall–Kier alpha value is -1.13. The second-order valence-corrected chi connectivity index (χ2v) is 6.07. The number of aryl methyl sites for hydroxylation is 3. The summed E-state index contributed by atoms with van der Waals surface area (Å²) in [7, 11) is 1.71. The molecule has 0 radical (unpaired) electrons. The van der Waals surface area contributed by atoms with Crippen LogP contribution in [0.4, 0.5) is 0 Å². The summed E-state index contributed by atoms with van der Waals surface area (Å²) in [6.07, 6.45) is 0.975. The molecule has 0 fully saturated rings. The number of H-pyrrole nitrogens is 1. The van der Waals surface area contributed by atoms with Gasteiger partial charge in [0.2, 0.25) is 0 Å². The van der Waals surface area contributed by atoms with E-state index in [9.17, 15) is 0 Å². The lowest BCUT2D eigenvalue weighted by atomic mass is 10.0. The van der Waals surface area contributed by atoms with Crippen LogP contribution in [0.2, 0.25) is 0 Å². The van der Waals surface area contributed by atoms with Gasteiger partial charge in [-0.25, -0.2) is 0 Å². The highest BCUT2D eigenvalue weighted by Crippen LogP contribution is 2.35. The number of nitrogens with one attached hydrogen (secondary N) is 1. The molecule has 0 bridgehead atoms. The Bertz CT molecular complexity index is 625. The molecular formula is C14H17NOS2. The molecule has 0 amide bonds. The van der Waals surface area contributed by atoms with Gasteiger partial charge in [0.1, 0.15) is 5.75 Å². The second kappa shape index (κ2) is 5.24. The molecule has 0 aliphatic carbocycles. The first-order chi connectivity index (χ1) is 8.56. The monoisotopic (exact) mass is 279 g/mol. The van der Waals surface area contributed by atoms with Gasteiger partial charge in [0, 0.05) is 10.4 Å². The van der Waals surface area contributed by atoms with Crippen molar-refractivity contribution in [2.75, 3.05) is 7.11 Å². The van der Waals surface area contributed by atoms with E-state index in [4.69, 9.17) is 17.0 Å². The molecule has 96 valence electrons. The molecule has 1 aromatic carbocycles. The zero-order valence-electron chi connectivity index (χ0n) is 11.1. The molecule has 0 atom stereocenters. The number of hydrogen-bond donors (Lipinski definition) is 1. The highest BCUT2D eigenvalue weighted by atomic mass is 32.1. The van der Waals surface area contributed by atoms with E-state index < -0.39 is 0 Å². The normalized spacial score (nSPS) is 10.7. The predicted octanol–water partition coefficient (Wildman–Crippen LogP) is 4.66. The van der Waals surface area contributed by atoms with Gasteiger partial charge in [-0.3, -0.25) is 0 Å². The van der Waals surface area contributed by atoms with Gasteiger partial charge in [-0.1, -0.05) is 6.92 Å². The van der Waals surface area contributed by atoms with Gasteiger partial charge >= 0.3 is 0 Å². The summed E-state index contributed by atoms with van der Waals surface area (Å²) in [6, 6.07) is 4.25. The first-order valence-corrected chi connectivity index (χ1v) is 7.16. The zero-order valence-corrected chi connectivity index (χ0v) is 12.7. The molecule has 0 aliphatic rings. The molecule has 0 saturated heterocycles. The number of rotatable bonds is 3. The number of methoxy groups -OCH3 is 1. The lowest BCUT2D eigenvalue weighted by Gasteiger charge is -2.11. The van der Waals surface area contributed by atoms with Crippen molar-refractivity contribution in [3.8, 4) is 17.0 Å². The van der Waals surface area contributed by atoms with Gasteiger partial charge in [0.05, 0.1) is 12.8 Å². The van der Waals surface area contributed by atoms with E-state index in [0.29, 0.717) is 0 Å². The Morgan fingerprint density at radius 2 is 1.94 bits per heavy atom. The quantitative estimate of drug-likeness (QED) is 0.827. The maximum atomic E-state index is 5.49. The van der Waals surface area contributed by atoms with E-state index in [-0.39, 0.29) is 0 Å². The van der Waals surface area contributed by atoms with Crippen molar-refractivity contribution in [2.24, 2.45) is 0 Å². The second-order valence-electron chi connectivity index (χ2n) is 4.30. The van der Waals surface area contributed by atoms with Crippen LogP contribution in [0.1, 0.15) is 22.9 Å². The Morgan fingerprint density at radius 1 is 1.28 bits per heavy atom. The fourth-order valence-electron chi connectivity index (χ4n) is 1.98. The molecule has 2 rings (SSSR count). The summed E-state index contributed by atoms with van der Waals surface area (Å²) in [5.41, 5.74) is 4.71. The highest BCUT2D eigenvalue weighted by molar-refractivity contribution is 7.73. The Kier molecular flexibility index (Phi) is 3.88. The molecule has 18 heavy (non-hydrogen) atoms. The Balaban J connectivity index is 2.69. The molecular weight excluding hydrogens is 262 g/mol. The number of thiazole rings is 1. The van der Waals surface area contributed by atoms with Crippen LogP contribution >= 0.6 is 23.6 Å². The minimum Gasteiger partial charge on any atom is -0.496 e. The molecule has 2 aromatic rings. The van der Waals surface area contributed by atoms with Crippen LogP contribution in [0.3, 0.4) is 0 Å². The number of benzene rings is 1. The maximum Gasteiger partial charge on any atom is 0.159 e. The minimum atomic E-state index is 0.821. The Labute approximate surface area is 117 Å². The Morgan fingerprint density at radius 3 is 2.56 bits per heavy atom. The van der Waals surface area contributed by atoms with Gasteiger partial charge in [-0.15, -0.1) is 11.3 Å². The summed E-state index contributed by atoms with van der Waals surface area (Å²) in [5, 5.41) is 0. The summed E-state index contributed by atoms with van der Waals surface area (Å²) in [6.45, 7) is 6.36. The van der Waals surface area contributed by atoms with Gasteiger partial charge in [-0.05, 0) is 55.7 Å². The smallest absolute Gasteiger partial charge is 0.159 e. The zero-order chi connectivity index (χ0) is 13.3. The molecule has 0 spiro atoms. The summed E-state index contributed by atoms with van der Waals surface area (Å²) >= 11 is 6.89. The molecule has 2 nitrogen and oxygen atoms in total. The molecule has 0 saturated carbocycles. The fourth-order valence-corrected chi connectivity index (χ4v) is 3.17. The first kappa shape index (κ1) is 13.3. The molecule has 1 N–H and O–H groups in total. The van der Waals surface area contributed by atoms with Crippen LogP contribution in [0.15, 0.2) is 12.1 Å². The van der Waals surface area contributed by atoms with E-state index in [1.54, 1.807) is 18.4 Å². The number of aromatic nitrogens is 1. The van der Waals surface area contributed by atoms with Crippen LogP contribution in [0.5, 0.6) is 5.75 Å². The largest absolute Gasteiger partial charge is 0.496 e. The number of hydrogen-bond acceptors (Lipinski definition) is 3. The van der Waals surface area contributed by atoms with Crippen LogP contribution in [-0.2, 0) is 6.42 Å². The summed E-state index contributed by atoms with van der Waals surface area (Å²) in [5.74, 6) is 0.900. The van der Waals surface area contributed by atoms with Crippen molar-refractivity contribution in [2.45, 2.75) is 27.2 Å². The van der Waals surface area contributed by atoms with Crippen LogP contribution in [0, 0.1) is 17.8 Å². The lowest BCUT2D eigenvalue weighted by molar-refractivity contribution is 0.416. The van der Waals surface area contributed by atoms with Crippen molar-refractivity contribution < 1.29 is 4.74 Å². The minimum absolute atomic E-state index is 0.821. The van der Waals surface area contributed by atoms with Gasteiger partial charge in [-0.2, -0.15) is 0 Å². The average Bonchev–Trinajstić information content (AvgIpc) is 2.73. The van der Waals surface area contributed by atoms with Crippen molar-refractivity contribution in [3.05, 3.63) is 32.1 Å². The van der Waals surface area contributed by atoms with Crippen molar-refractivity contribution in [3.63, 3.8) is 0 Å². The average molecular weight is 279 g/mol. The third-order valence-corrected chi connectivity index (χ3v) is 4.51. The van der Waals surface area contributed by atoms with Gasteiger partial charge < -0.3 is 9.72 Å². The van der Waals surface area contributed by atoms with Gasteiger partial charge in [0.25, 0.3) is 0 Å². The third-order valence-electron chi connectivity index (χ3n) is 3.13. The van der Waals surface area contributed by atoms with Crippen molar-refractivity contribution >= 4 is 23.6 Å². The number of aromatic amines is 1. The highest BCUT2D eigenvalue weighted by Gasteiger charge is 2.13. The van der Waals surface area contributed by atoms with Crippen LogP contribution in [0.25, 0.3) is 11.3 Å². The van der Waals surface area contributed by atoms with E-state index in [2.05, 4.69) is 37.9 Å². The molecule has 4 heteroatoms. The predicted molar refractivity (Wildman–Crippen MR) is 80.3 cm³/mol. The topological polar surface area (TPSA) is 25.0 Å². The molecule has 1 aromatic heterocycles. The van der Waals surface area contributed by atoms with Gasteiger partial charge in [0.15, 0.2) is 3.95 Å². The van der Waals surface area contributed by atoms with Crippen LogP contribution < -0.4 is 4.74 Å². The van der Waals surface area contributed by atoms with Crippen molar-refractivity contribution in [1.82, 2.24) is 4.98 Å². The SMILES string of the molecule is CCc1sc(=S)[nH]c1-c1cc(C)c(C)cc1OC.